The van der Waals surface area contributed by atoms with Crippen LogP contribution in [0, 0.1) is 5.92 Å². The Balaban J connectivity index is 1.79. The second-order valence-corrected chi connectivity index (χ2v) is 6.60. The summed E-state index contributed by atoms with van der Waals surface area (Å²) in [5.41, 5.74) is 0.252. The van der Waals surface area contributed by atoms with Gasteiger partial charge in [-0.2, -0.15) is 4.98 Å². The predicted molar refractivity (Wildman–Crippen MR) is 104 cm³/mol. The Labute approximate surface area is 159 Å². The van der Waals surface area contributed by atoms with Crippen LogP contribution in [0.3, 0.4) is 0 Å². The van der Waals surface area contributed by atoms with E-state index in [1.54, 1.807) is 18.2 Å². The van der Waals surface area contributed by atoms with Gasteiger partial charge in [0.05, 0.1) is 6.61 Å². The van der Waals surface area contributed by atoms with Crippen molar-refractivity contribution in [2.24, 2.45) is 5.92 Å². The van der Waals surface area contributed by atoms with Crippen LogP contribution in [0.25, 0.3) is 11.4 Å². The number of unbranched alkanes of at least 4 members (excludes halogenated alkanes) is 1. The average molecular weight is 375 g/mol. The van der Waals surface area contributed by atoms with Crippen LogP contribution in [0.1, 0.15) is 39.5 Å². The Hall–Kier alpha value is -2.25. The summed E-state index contributed by atoms with van der Waals surface area (Å²) in [6.45, 7) is 5.41. The van der Waals surface area contributed by atoms with E-state index in [2.05, 4.69) is 28.8 Å². The summed E-state index contributed by atoms with van der Waals surface area (Å²) >= 11 is 0. The van der Waals surface area contributed by atoms with Gasteiger partial charge in [0.2, 0.25) is 0 Å². The van der Waals surface area contributed by atoms with Gasteiger partial charge in [-0.1, -0.05) is 45.2 Å². The van der Waals surface area contributed by atoms with Crippen molar-refractivity contribution >= 4 is 0 Å². The SMILES string of the molecule is CCCCC(CC)COCC(O)COc1cccc(-c2ncnc(=O)[nH]2)c1. The predicted octanol–water partition coefficient (Wildman–Crippen LogP) is 2.80. The van der Waals surface area contributed by atoms with E-state index in [0.717, 1.165) is 12.8 Å². The monoisotopic (exact) mass is 375 g/mol. The zero-order valence-corrected chi connectivity index (χ0v) is 16.1. The first-order valence-corrected chi connectivity index (χ1v) is 9.52. The Kier molecular flexibility index (Phi) is 8.94. The van der Waals surface area contributed by atoms with Crippen LogP contribution in [0.4, 0.5) is 0 Å². The highest BCUT2D eigenvalue weighted by atomic mass is 16.5. The largest absolute Gasteiger partial charge is 0.491 e. The van der Waals surface area contributed by atoms with Gasteiger partial charge in [0.1, 0.15) is 30.6 Å². The average Bonchev–Trinajstić information content (AvgIpc) is 2.69. The van der Waals surface area contributed by atoms with Crippen LogP contribution in [-0.4, -0.2) is 46.0 Å². The molecule has 7 nitrogen and oxygen atoms in total. The summed E-state index contributed by atoms with van der Waals surface area (Å²) in [7, 11) is 0. The number of aliphatic hydroxyl groups is 1. The van der Waals surface area contributed by atoms with Crippen LogP contribution in [0.2, 0.25) is 0 Å². The molecule has 0 aliphatic heterocycles. The highest BCUT2D eigenvalue weighted by molar-refractivity contribution is 5.56. The van der Waals surface area contributed by atoms with Gasteiger partial charge in [0, 0.05) is 12.2 Å². The van der Waals surface area contributed by atoms with E-state index in [9.17, 15) is 9.90 Å². The molecule has 2 atom stereocenters. The third-order valence-electron chi connectivity index (χ3n) is 4.34. The first-order valence-electron chi connectivity index (χ1n) is 9.52. The number of nitrogens with one attached hydrogen (secondary N) is 1. The lowest BCUT2D eigenvalue weighted by molar-refractivity contribution is -0.00108. The van der Waals surface area contributed by atoms with Gasteiger partial charge in [-0.3, -0.25) is 4.98 Å². The molecular weight excluding hydrogens is 346 g/mol. The topological polar surface area (TPSA) is 97.3 Å². The fraction of sp³-hybridized carbons (Fsp3) is 0.550. The molecule has 0 fully saturated rings. The minimum absolute atomic E-state index is 0.134. The number of nitrogens with zero attached hydrogens (tertiary/aromatic N) is 2. The molecule has 0 radical (unpaired) electrons. The summed E-state index contributed by atoms with van der Waals surface area (Å²) in [4.78, 5) is 21.4. The van der Waals surface area contributed by atoms with Gasteiger partial charge in [0.15, 0.2) is 0 Å². The maximum Gasteiger partial charge on any atom is 0.348 e. The number of H-pyrrole nitrogens is 1. The molecule has 0 aliphatic carbocycles. The lowest BCUT2D eigenvalue weighted by atomic mass is 10.0. The third-order valence-corrected chi connectivity index (χ3v) is 4.34. The molecule has 0 amide bonds. The summed E-state index contributed by atoms with van der Waals surface area (Å²) < 4.78 is 11.3. The smallest absolute Gasteiger partial charge is 0.348 e. The van der Waals surface area contributed by atoms with Crippen LogP contribution in [0.5, 0.6) is 5.75 Å². The summed E-state index contributed by atoms with van der Waals surface area (Å²) in [5, 5.41) is 10.1. The maximum atomic E-state index is 11.3. The summed E-state index contributed by atoms with van der Waals surface area (Å²) in [6.07, 6.45) is 5.17. The number of aromatic amines is 1. The highest BCUT2D eigenvalue weighted by Gasteiger charge is 2.10. The van der Waals surface area contributed by atoms with Crippen LogP contribution < -0.4 is 10.4 Å². The van der Waals surface area contributed by atoms with E-state index >= 15 is 0 Å². The van der Waals surface area contributed by atoms with Crippen molar-refractivity contribution in [3.8, 4) is 17.1 Å². The molecule has 2 rings (SSSR count). The van der Waals surface area contributed by atoms with Gasteiger partial charge in [-0.15, -0.1) is 0 Å². The second-order valence-electron chi connectivity index (χ2n) is 6.60. The molecule has 2 aromatic rings. The highest BCUT2D eigenvalue weighted by Crippen LogP contribution is 2.20. The van der Waals surface area contributed by atoms with Crippen molar-refractivity contribution in [1.82, 2.24) is 15.0 Å². The maximum absolute atomic E-state index is 11.3. The third kappa shape index (κ3) is 7.48. The lowest BCUT2D eigenvalue weighted by Gasteiger charge is -2.17. The zero-order valence-electron chi connectivity index (χ0n) is 16.1. The molecule has 1 aromatic heterocycles. The van der Waals surface area contributed by atoms with E-state index in [0.29, 0.717) is 29.7 Å². The Morgan fingerprint density at radius 3 is 2.78 bits per heavy atom. The molecule has 27 heavy (non-hydrogen) atoms. The van der Waals surface area contributed by atoms with Crippen molar-refractivity contribution < 1.29 is 14.6 Å². The van der Waals surface area contributed by atoms with E-state index < -0.39 is 11.8 Å². The quantitative estimate of drug-likeness (QED) is 0.592. The molecule has 0 saturated carbocycles. The molecule has 2 N–H and O–H groups in total. The lowest BCUT2D eigenvalue weighted by Crippen LogP contribution is -2.25. The molecule has 0 saturated heterocycles. The van der Waals surface area contributed by atoms with E-state index in [1.165, 1.54) is 19.2 Å². The number of aromatic nitrogens is 3. The van der Waals surface area contributed by atoms with Crippen LogP contribution in [0.15, 0.2) is 35.4 Å². The van der Waals surface area contributed by atoms with Gasteiger partial charge in [-0.25, -0.2) is 9.78 Å². The number of benzene rings is 1. The van der Waals surface area contributed by atoms with Crippen LogP contribution >= 0.6 is 0 Å². The van der Waals surface area contributed by atoms with E-state index in [1.807, 2.05) is 6.07 Å². The second kappa shape index (κ2) is 11.5. The molecule has 2 unspecified atom stereocenters. The van der Waals surface area contributed by atoms with Crippen molar-refractivity contribution in [2.75, 3.05) is 19.8 Å². The van der Waals surface area contributed by atoms with Crippen molar-refractivity contribution in [2.45, 2.75) is 45.6 Å². The number of rotatable bonds is 12. The van der Waals surface area contributed by atoms with Crippen LogP contribution in [-0.2, 0) is 4.74 Å². The molecule has 0 bridgehead atoms. The molecule has 1 heterocycles. The van der Waals surface area contributed by atoms with Gasteiger partial charge >= 0.3 is 5.69 Å². The zero-order chi connectivity index (χ0) is 19.5. The number of hydrogen-bond acceptors (Lipinski definition) is 6. The van der Waals surface area contributed by atoms with Crippen molar-refractivity contribution in [3.05, 3.63) is 41.1 Å². The normalized spacial score (nSPS) is 13.3. The van der Waals surface area contributed by atoms with Gasteiger partial charge < -0.3 is 14.6 Å². The number of hydrogen-bond donors (Lipinski definition) is 2. The molecule has 0 aliphatic rings. The first-order chi connectivity index (χ1) is 13.1. The summed E-state index contributed by atoms with van der Waals surface area (Å²) in [5.74, 6) is 1.55. The molecule has 148 valence electrons. The van der Waals surface area contributed by atoms with E-state index in [4.69, 9.17) is 9.47 Å². The number of aliphatic hydroxyl groups excluding tert-OH is 1. The standard InChI is InChI=1S/C20H29N3O4/c1-3-5-7-15(4-2)11-26-12-17(24)13-27-18-9-6-8-16(10-18)19-21-14-22-20(25)23-19/h6,8-10,14-15,17,24H,3-5,7,11-13H2,1-2H3,(H,21,22,23,25). The molecular formula is C20H29N3O4. The minimum atomic E-state index is -0.698. The first kappa shape index (κ1) is 21.1. The van der Waals surface area contributed by atoms with E-state index in [-0.39, 0.29) is 13.2 Å². The van der Waals surface area contributed by atoms with Crippen molar-refractivity contribution in [3.63, 3.8) is 0 Å². The van der Waals surface area contributed by atoms with Crippen molar-refractivity contribution in [1.29, 1.82) is 0 Å². The number of ether oxygens (including phenoxy) is 2. The van der Waals surface area contributed by atoms with Gasteiger partial charge in [-0.05, 0) is 24.5 Å². The molecule has 7 heteroatoms. The Morgan fingerprint density at radius 1 is 1.19 bits per heavy atom. The fourth-order valence-corrected chi connectivity index (χ4v) is 2.69. The summed E-state index contributed by atoms with van der Waals surface area (Å²) in [6, 6.07) is 7.15. The molecule has 0 spiro atoms. The Morgan fingerprint density at radius 2 is 2.04 bits per heavy atom. The van der Waals surface area contributed by atoms with Gasteiger partial charge in [0.25, 0.3) is 0 Å². The minimum Gasteiger partial charge on any atom is -0.491 e. The Bertz CT molecular complexity index is 735. The fourth-order valence-electron chi connectivity index (χ4n) is 2.69. The molecule has 1 aromatic carbocycles.